The second-order valence-corrected chi connectivity index (χ2v) is 25.8. The van der Waals surface area contributed by atoms with Crippen LogP contribution in [0.15, 0.2) is 11.6 Å². The summed E-state index contributed by atoms with van der Waals surface area (Å²) < 4.78 is 48.6. The van der Waals surface area contributed by atoms with Crippen LogP contribution in [0.4, 0.5) is 0 Å². The number of aliphatic hydroxyl groups excluding tert-OH is 14. The highest BCUT2D eigenvalue weighted by Gasteiger charge is 2.71. The van der Waals surface area contributed by atoms with Crippen molar-refractivity contribution in [1.82, 2.24) is 0 Å². The number of fused-ring (bicyclic) bond motifs is 7. The standard InChI is InChI=1S/C53H86O23/c1-48(2)14-16-53(47(68)76-45-39(66)36(63)33(60)26(20-56)72-45)17-15-51(6)22(30(53)42(48)67)8-9-28-50(5)12-11-29(49(3,4)27(50)10-13-52(28,51)7)73-46-41(75-44-38(65)35(62)32(59)25(19-55)71-44)40(23(57)21-69-46)74-43-37(64)34(61)31(58)24(18-54)70-43/h8,23-46,54-67H,9-21H2,1-7H3/t23-,24+,25+,26+,27-,28+,29-,30+,31+,32+,33+,34-,35-,36-,37+,38+,39+,40-,41+,42-,43-,44-,45-,46-,50-,51+,52+,53-/m0/s1. The maximum absolute atomic E-state index is 14.8. The van der Waals surface area contributed by atoms with Crippen molar-refractivity contribution in [1.29, 1.82) is 0 Å². The van der Waals surface area contributed by atoms with Crippen molar-refractivity contribution in [3.8, 4) is 0 Å². The molecule has 23 heteroatoms. The number of hydrogen-bond acceptors (Lipinski definition) is 23. The highest BCUT2D eigenvalue weighted by atomic mass is 16.8. The molecule has 4 saturated carbocycles. The number of aliphatic hydroxyl groups is 14. The number of hydrogen-bond donors (Lipinski definition) is 14. The van der Waals surface area contributed by atoms with E-state index in [1.54, 1.807) is 0 Å². The Balaban J connectivity index is 0.986. The first-order chi connectivity index (χ1) is 35.6. The predicted octanol–water partition coefficient (Wildman–Crippen LogP) is -2.43. The Morgan fingerprint density at radius 2 is 1.08 bits per heavy atom. The Bertz CT molecular complexity index is 2090. The van der Waals surface area contributed by atoms with Crippen molar-refractivity contribution >= 4 is 5.97 Å². The Kier molecular flexibility index (Phi) is 16.5. The molecule has 76 heavy (non-hydrogen) atoms. The maximum atomic E-state index is 14.8. The van der Waals surface area contributed by atoms with E-state index in [0.717, 1.165) is 18.4 Å². The molecule has 0 bridgehead atoms. The van der Waals surface area contributed by atoms with Crippen LogP contribution in [0.1, 0.15) is 106 Å². The molecule has 0 radical (unpaired) electrons. The van der Waals surface area contributed by atoms with Crippen molar-refractivity contribution in [3.05, 3.63) is 11.6 Å². The zero-order chi connectivity index (χ0) is 55.6. The van der Waals surface area contributed by atoms with Gasteiger partial charge < -0.3 is 109 Å². The van der Waals surface area contributed by atoms with Crippen LogP contribution >= 0.6 is 0 Å². The largest absolute Gasteiger partial charge is 0.432 e. The van der Waals surface area contributed by atoms with Gasteiger partial charge in [-0.1, -0.05) is 60.1 Å². The van der Waals surface area contributed by atoms with Crippen LogP contribution in [-0.2, 0) is 42.7 Å². The molecule has 23 nitrogen and oxygen atoms in total. The van der Waals surface area contributed by atoms with Gasteiger partial charge in [-0.2, -0.15) is 0 Å². The van der Waals surface area contributed by atoms with E-state index in [4.69, 9.17) is 37.9 Å². The van der Waals surface area contributed by atoms with E-state index in [9.17, 15) is 76.3 Å². The zero-order valence-electron chi connectivity index (χ0n) is 44.6. The summed E-state index contributed by atoms with van der Waals surface area (Å²) in [5.74, 6) is -1.16. The molecular weight excluding hydrogens is 1000 g/mol. The molecule has 0 aromatic carbocycles. The fraction of sp³-hybridized carbons (Fsp3) is 0.943. The van der Waals surface area contributed by atoms with Crippen molar-refractivity contribution in [2.75, 3.05) is 26.4 Å². The number of esters is 1. The maximum Gasteiger partial charge on any atom is 0.315 e. The summed E-state index contributed by atoms with van der Waals surface area (Å²) in [6.07, 6.45) is -25.3. The molecule has 0 spiro atoms. The molecule has 4 aliphatic heterocycles. The Hall–Kier alpha value is -1.63. The highest BCUT2D eigenvalue weighted by molar-refractivity contribution is 5.79. The molecule has 0 amide bonds. The Morgan fingerprint density at radius 1 is 0.566 bits per heavy atom. The monoisotopic (exact) mass is 1090 g/mol. The molecule has 4 heterocycles. The van der Waals surface area contributed by atoms with Crippen LogP contribution in [0.2, 0.25) is 0 Å². The molecule has 0 aromatic rings. The van der Waals surface area contributed by atoms with Gasteiger partial charge in [0.2, 0.25) is 6.29 Å². The SMILES string of the molecule is CC1(C)CC[C@]2(C(=O)O[C@@H]3O[C@H](CO)[C@@H](O)[C@H](O)[C@H]3O)CC[C@]3(C)C(=CC[C@@H]4[C@@]5(C)CC[C@H](O[C@@H]6OC[C@H](O)[C@H](O[C@@H]7O[C@H](CO)[C@@H](O)[C@H](O)[C@H]7O)[C@H]6O[C@@H]6O[C@H](CO)[C@@H](O)[C@H](O)[C@H]6O)C(C)(C)[C@@H]5CC[C@]43C)[C@@H]2[C@@H]1O. The first kappa shape index (κ1) is 59.0. The zero-order valence-corrected chi connectivity index (χ0v) is 44.6. The minimum atomic E-state index is -1.89. The second kappa shape index (κ2) is 21.3. The molecule has 4 saturated heterocycles. The van der Waals surface area contributed by atoms with E-state index < -0.39 is 189 Å². The number of allylic oxidation sites excluding steroid dienone is 1. The van der Waals surface area contributed by atoms with E-state index in [1.807, 2.05) is 13.8 Å². The molecule has 8 fully saturated rings. The quantitative estimate of drug-likeness (QED) is 0.0581. The summed E-state index contributed by atoms with van der Waals surface area (Å²) >= 11 is 0. The summed E-state index contributed by atoms with van der Waals surface area (Å²) in [5.41, 5.74) is -2.47. The van der Waals surface area contributed by atoms with Gasteiger partial charge in [0, 0.05) is 5.92 Å². The van der Waals surface area contributed by atoms with Crippen LogP contribution in [0.5, 0.6) is 0 Å². The fourth-order valence-corrected chi connectivity index (χ4v) is 16.2. The third kappa shape index (κ3) is 9.27. The van der Waals surface area contributed by atoms with E-state index in [2.05, 4.69) is 40.7 Å². The minimum Gasteiger partial charge on any atom is -0.432 e. The lowest BCUT2D eigenvalue weighted by Crippen LogP contribution is -2.68. The van der Waals surface area contributed by atoms with Gasteiger partial charge in [0.05, 0.1) is 44.1 Å². The van der Waals surface area contributed by atoms with Gasteiger partial charge in [0.25, 0.3) is 0 Å². The summed E-state index contributed by atoms with van der Waals surface area (Å²) in [4.78, 5) is 14.8. The lowest BCUT2D eigenvalue weighted by Gasteiger charge is -2.71. The van der Waals surface area contributed by atoms with Gasteiger partial charge in [-0.15, -0.1) is 0 Å². The highest BCUT2D eigenvalue weighted by Crippen LogP contribution is 2.76. The normalized spacial score (nSPS) is 54.0. The topological polar surface area (TPSA) is 374 Å². The van der Waals surface area contributed by atoms with E-state index in [1.165, 1.54) is 0 Å². The number of rotatable bonds is 11. The third-order valence-corrected chi connectivity index (χ3v) is 21.2. The van der Waals surface area contributed by atoms with Crippen LogP contribution in [0.3, 0.4) is 0 Å². The lowest BCUT2D eigenvalue weighted by atomic mass is 9.33. The minimum absolute atomic E-state index is 0.0472. The Morgan fingerprint density at radius 3 is 1.63 bits per heavy atom. The molecule has 9 rings (SSSR count). The van der Waals surface area contributed by atoms with E-state index in [0.29, 0.717) is 44.9 Å². The van der Waals surface area contributed by atoms with Crippen molar-refractivity contribution < 1.29 is 114 Å². The molecule has 5 aliphatic carbocycles. The van der Waals surface area contributed by atoms with Crippen LogP contribution in [-0.4, -0.2) is 233 Å². The van der Waals surface area contributed by atoms with Crippen molar-refractivity contribution in [2.45, 2.75) is 235 Å². The lowest BCUT2D eigenvalue weighted by molar-refractivity contribution is -0.389. The Labute approximate surface area is 442 Å². The van der Waals surface area contributed by atoms with E-state index >= 15 is 0 Å². The van der Waals surface area contributed by atoms with Gasteiger partial charge >= 0.3 is 5.97 Å². The second-order valence-electron chi connectivity index (χ2n) is 25.8. The predicted molar refractivity (Wildman–Crippen MR) is 258 cm³/mol. The average molecular weight is 1090 g/mol. The van der Waals surface area contributed by atoms with Crippen LogP contribution in [0, 0.1) is 50.2 Å². The smallest absolute Gasteiger partial charge is 0.315 e. The van der Waals surface area contributed by atoms with Gasteiger partial charge in [0.1, 0.15) is 91.6 Å². The first-order valence-corrected chi connectivity index (χ1v) is 27.4. The summed E-state index contributed by atoms with van der Waals surface area (Å²) in [6, 6.07) is 0. The third-order valence-electron chi connectivity index (χ3n) is 21.2. The summed E-state index contributed by atoms with van der Waals surface area (Å²) in [7, 11) is 0. The van der Waals surface area contributed by atoms with Gasteiger partial charge in [0.15, 0.2) is 18.9 Å². The van der Waals surface area contributed by atoms with Gasteiger partial charge in [-0.25, -0.2) is 0 Å². The first-order valence-electron chi connectivity index (χ1n) is 27.4. The average Bonchev–Trinajstić information content (AvgIpc) is 3.42. The van der Waals surface area contributed by atoms with Gasteiger partial charge in [-0.05, 0) is 96.7 Å². The molecule has 0 unspecified atom stereocenters. The fourth-order valence-electron chi connectivity index (χ4n) is 16.2. The number of ether oxygens (including phenoxy) is 8. The number of carbonyl (C=O) groups excluding carboxylic acids is 1. The molecule has 9 aliphatic rings. The summed E-state index contributed by atoms with van der Waals surface area (Å²) in [6.45, 7) is 12.6. The van der Waals surface area contributed by atoms with Crippen LogP contribution < -0.4 is 0 Å². The summed E-state index contributed by atoms with van der Waals surface area (Å²) in [5, 5.41) is 150. The molecule has 14 N–H and O–H groups in total. The van der Waals surface area contributed by atoms with Gasteiger partial charge in [-0.3, -0.25) is 4.79 Å². The van der Waals surface area contributed by atoms with Crippen LogP contribution in [0.25, 0.3) is 0 Å². The molecule has 436 valence electrons. The van der Waals surface area contributed by atoms with E-state index in [-0.39, 0.29) is 22.7 Å². The molecule has 0 aromatic heterocycles. The van der Waals surface area contributed by atoms with Crippen molar-refractivity contribution in [2.24, 2.45) is 50.2 Å². The number of carbonyl (C=O) groups is 1. The molecular formula is C53H86O23. The molecule has 28 atom stereocenters. The van der Waals surface area contributed by atoms with Crippen molar-refractivity contribution in [3.63, 3.8) is 0 Å².